The number of halogens is 3. The normalized spacial score (nSPS) is 29.5. The summed E-state index contributed by atoms with van der Waals surface area (Å²) in [6.45, 7) is 3.60. The monoisotopic (exact) mass is 339 g/mol. The summed E-state index contributed by atoms with van der Waals surface area (Å²) < 4.78 is 32.4. The topological polar surface area (TPSA) is 12.5 Å². The molecule has 0 amide bonds. The highest BCUT2D eigenvalue weighted by atomic mass is 79.9. The minimum atomic E-state index is -2.42. The third-order valence-corrected chi connectivity index (χ3v) is 4.55. The van der Waals surface area contributed by atoms with Crippen LogP contribution in [0.4, 0.5) is 8.78 Å². The zero-order chi connectivity index (χ0) is 13.7. The standard InChI is InChI=1S/C14H24BrF2NO/c15-6-9-19-13-3-7-18(8-4-13)11-12-2-1-5-14(16,17)10-12/h12-13H,1-11H2. The van der Waals surface area contributed by atoms with Gasteiger partial charge in [-0.1, -0.05) is 15.9 Å². The average Bonchev–Trinajstić information content (AvgIpc) is 2.37. The molecule has 1 aliphatic heterocycles. The number of ether oxygens (including phenoxy) is 1. The van der Waals surface area contributed by atoms with Crippen LogP contribution in [0.15, 0.2) is 0 Å². The molecule has 2 fully saturated rings. The molecule has 0 aromatic heterocycles. The molecule has 0 spiro atoms. The summed E-state index contributed by atoms with van der Waals surface area (Å²) in [6.07, 6.45) is 4.27. The van der Waals surface area contributed by atoms with Crippen LogP contribution in [0.1, 0.15) is 38.5 Å². The molecule has 112 valence electrons. The SMILES string of the molecule is FC1(F)CCCC(CN2CCC(OCCBr)CC2)C1. The van der Waals surface area contributed by atoms with Crippen molar-refractivity contribution in [1.82, 2.24) is 4.90 Å². The summed E-state index contributed by atoms with van der Waals surface area (Å²) in [7, 11) is 0. The summed E-state index contributed by atoms with van der Waals surface area (Å²) >= 11 is 3.36. The first kappa shape index (κ1) is 15.6. The van der Waals surface area contributed by atoms with Crippen molar-refractivity contribution < 1.29 is 13.5 Å². The largest absolute Gasteiger partial charge is 0.377 e. The molecule has 1 saturated heterocycles. The van der Waals surface area contributed by atoms with Crippen molar-refractivity contribution in [2.24, 2.45) is 5.92 Å². The number of nitrogens with zero attached hydrogens (tertiary/aromatic N) is 1. The Kier molecular flexibility index (Phi) is 6.03. The van der Waals surface area contributed by atoms with E-state index in [1.165, 1.54) is 0 Å². The maximum absolute atomic E-state index is 13.4. The molecular formula is C14H24BrF2NO. The average molecular weight is 340 g/mol. The quantitative estimate of drug-likeness (QED) is 0.708. The van der Waals surface area contributed by atoms with E-state index < -0.39 is 5.92 Å². The second-order valence-corrected chi connectivity index (χ2v) is 6.67. The fourth-order valence-electron chi connectivity index (χ4n) is 3.27. The first-order valence-corrected chi connectivity index (χ1v) is 8.49. The van der Waals surface area contributed by atoms with Crippen LogP contribution in [0, 0.1) is 5.92 Å². The molecule has 0 bridgehead atoms. The van der Waals surface area contributed by atoms with Gasteiger partial charge < -0.3 is 9.64 Å². The Morgan fingerprint density at radius 3 is 2.58 bits per heavy atom. The van der Waals surface area contributed by atoms with E-state index in [4.69, 9.17) is 4.74 Å². The molecule has 1 aliphatic carbocycles. The van der Waals surface area contributed by atoms with E-state index in [1.807, 2.05) is 0 Å². The Labute approximate surface area is 123 Å². The molecule has 0 radical (unpaired) electrons. The highest BCUT2D eigenvalue weighted by Crippen LogP contribution is 2.37. The minimum Gasteiger partial charge on any atom is -0.377 e. The van der Waals surface area contributed by atoms with Crippen LogP contribution >= 0.6 is 15.9 Å². The van der Waals surface area contributed by atoms with Crippen LogP contribution in [-0.2, 0) is 4.74 Å². The lowest BCUT2D eigenvalue weighted by Gasteiger charge is -2.36. The number of rotatable bonds is 5. The molecule has 1 heterocycles. The molecule has 0 aromatic carbocycles. The number of hydrogen-bond donors (Lipinski definition) is 0. The number of likely N-dealkylation sites (tertiary alicyclic amines) is 1. The molecule has 1 unspecified atom stereocenters. The van der Waals surface area contributed by atoms with Gasteiger partial charge in [-0.15, -0.1) is 0 Å². The smallest absolute Gasteiger partial charge is 0.248 e. The molecule has 0 aromatic rings. The van der Waals surface area contributed by atoms with E-state index in [9.17, 15) is 8.78 Å². The van der Waals surface area contributed by atoms with Gasteiger partial charge in [0.1, 0.15) is 0 Å². The lowest BCUT2D eigenvalue weighted by Crippen LogP contribution is -2.41. The van der Waals surface area contributed by atoms with Crippen LogP contribution in [0.3, 0.4) is 0 Å². The third-order valence-electron chi connectivity index (χ3n) is 4.22. The van der Waals surface area contributed by atoms with E-state index in [2.05, 4.69) is 20.8 Å². The van der Waals surface area contributed by atoms with Crippen molar-refractivity contribution in [2.45, 2.75) is 50.6 Å². The van der Waals surface area contributed by atoms with Crippen LogP contribution in [0.25, 0.3) is 0 Å². The van der Waals surface area contributed by atoms with Crippen molar-refractivity contribution in [3.63, 3.8) is 0 Å². The Morgan fingerprint density at radius 2 is 1.95 bits per heavy atom. The third kappa shape index (κ3) is 5.27. The van der Waals surface area contributed by atoms with Gasteiger partial charge in [0, 0.05) is 37.8 Å². The summed E-state index contributed by atoms with van der Waals surface area (Å²) in [5, 5.41) is 0.879. The molecule has 19 heavy (non-hydrogen) atoms. The van der Waals surface area contributed by atoms with Gasteiger partial charge >= 0.3 is 0 Å². The van der Waals surface area contributed by atoms with Crippen LogP contribution in [0.5, 0.6) is 0 Å². The number of hydrogen-bond acceptors (Lipinski definition) is 2. The molecule has 2 rings (SSSR count). The summed E-state index contributed by atoms with van der Waals surface area (Å²) in [5.74, 6) is -2.23. The highest BCUT2D eigenvalue weighted by Gasteiger charge is 2.37. The fraction of sp³-hybridized carbons (Fsp3) is 1.00. The highest BCUT2D eigenvalue weighted by molar-refractivity contribution is 9.09. The van der Waals surface area contributed by atoms with E-state index in [0.717, 1.165) is 50.8 Å². The molecule has 1 saturated carbocycles. The molecule has 1 atom stereocenters. The lowest BCUT2D eigenvalue weighted by atomic mass is 9.86. The van der Waals surface area contributed by atoms with E-state index in [0.29, 0.717) is 12.5 Å². The minimum absolute atomic E-state index is 0.0892. The van der Waals surface area contributed by atoms with Crippen molar-refractivity contribution >= 4 is 15.9 Å². The molecule has 2 nitrogen and oxygen atoms in total. The van der Waals surface area contributed by atoms with Gasteiger partial charge in [-0.25, -0.2) is 8.78 Å². The van der Waals surface area contributed by atoms with Gasteiger partial charge in [0.2, 0.25) is 5.92 Å². The summed E-state index contributed by atoms with van der Waals surface area (Å²) in [4.78, 5) is 2.35. The summed E-state index contributed by atoms with van der Waals surface area (Å²) in [5.41, 5.74) is 0. The zero-order valence-corrected chi connectivity index (χ0v) is 13.0. The van der Waals surface area contributed by atoms with Crippen molar-refractivity contribution in [2.75, 3.05) is 31.6 Å². The maximum Gasteiger partial charge on any atom is 0.248 e. The Hall–Kier alpha value is 0.260. The van der Waals surface area contributed by atoms with Crippen LogP contribution in [0.2, 0.25) is 0 Å². The molecule has 0 N–H and O–H groups in total. The molecule has 5 heteroatoms. The maximum atomic E-state index is 13.4. The van der Waals surface area contributed by atoms with Crippen molar-refractivity contribution in [3.05, 3.63) is 0 Å². The second-order valence-electron chi connectivity index (χ2n) is 5.88. The molecular weight excluding hydrogens is 316 g/mol. The molecule has 2 aliphatic rings. The van der Waals surface area contributed by atoms with Crippen LogP contribution in [-0.4, -0.2) is 48.5 Å². The van der Waals surface area contributed by atoms with Gasteiger partial charge in [-0.2, -0.15) is 0 Å². The lowest BCUT2D eigenvalue weighted by molar-refractivity contribution is -0.0603. The van der Waals surface area contributed by atoms with Gasteiger partial charge in [0.15, 0.2) is 0 Å². The first-order valence-electron chi connectivity index (χ1n) is 7.37. The Bertz CT molecular complexity index is 270. The number of piperidine rings is 1. The Balaban J connectivity index is 1.67. The van der Waals surface area contributed by atoms with Crippen molar-refractivity contribution in [1.29, 1.82) is 0 Å². The van der Waals surface area contributed by atoms with Gasteiger partial charge in [0.25, 0.3) is 0 Å². The van der Waals surface area contributed by atoms with E-state index >= 15 is 0 Å². The number of alkyl halides is 3. The van der Waals surface area contributed by atoms with E-state index in [-0.39, 0.29) is 18.8 Å². The van der Waals surface area contributed by atoms with Crippen LogP contribution < -0.4 is 0 Å². The van der Waals surface area contributed by atoms with E-state index in [1.54, 1.807) is 0 Å². The Morgan fingerprint density at radius 1 is 1.21 bits per heavy atom. The first-order chi connectivity index (χ1) is 9.09. The predicted molar refractivity (Wildman–Crippen MR) is 76.1 cm³/mol. The van der Waals surface area contributed by atoms with Crippen molar-refractivity contribution in [3.8, 4) is 0 Å². The van der Waals surface area contributed by atoms with Gasteiger partial charge in [0.05, 0.1) is 12.7 Å². The van der Waals surface area contributed by atoms with Gasteiger partial charge in [-0.3, -0.25) is 0 Å². The zero-order valence-electron chi connectivity index (χ0n) is 11.4. The second kappa shape index (κ2) is 7.32. The van der Waals surface area contributed by atoms with Gasteiger partial charge in [-0.05, 0) is 31.6 Å². The predicted octanol–water partition coefficient (Wildman–Crippen LogP) is 3.69. The summed E-state index contributed by atoms with van der Waals surface area (Å²) in [6, 6.07) is 0. The fourth-order valence-corrected chi connectivity index (χ4v) is 3.45.